The normalized spacial score (nSPS) is 11.6. The zero-order valence-electron chi connectivity index (χ0n) is 17.8. The van der Waals surface area contributed by atoms with Gasteiger partial charge in [0, 0.05) is 29.2 Å². The smallest absolute Gasteiger partial charge is 0.167 e. The number of carbonyl (C=O) groups is 2. The predicted octanol–water partition coefficient (Wildman–Crippen LogP) is 6.61. The van der Waals surface area contributed by atoms with Gasteiger partial charge in [-0.05, 0) is 61.6 Å². The number of ketones is 1. The minimum Gasteiger partial charge on any atom is -0.507 e. The van der Waals surface area contributed by atoms with Crippen molar-refractivity contribution in [3.8, 4) is 5.75 Å². The largest absolute Gasteiger partial charge is 0.507 e. The van der Waals surface area contributed by atoms with E-state index in [1.54, 1.807) is 6.07 Å². The van der Waals surface area contributed by atoms with Crippen molar-refractivity contribution in [3.63, 3.8) is 0 Å². The van der Waals surface area contributed by atoms with Gasteiger partial charge in [-0.3, -0.25) is 4.79 Å². The fourth-order valence-electron chi connectivity index (χ4n) is 5.07. The van der Waals surface area contributed by atoms with Gasteiger partial charge in [0.15, 0.2) is 5.78 Å². The molecule has 0 aliphatic rings. The molecule has 0 atom stereocenters. The lowest BCUT2D eigenvalue weighted by Gasteiger charge is -2.16. The van der Waals surface area contributed by atoms with Crippen molar-refractivity contribution in [1.82, 2.24) is 0 Å². The minimum atomic E-state index is 0.0697. The Labute approximate surface area is 190 Å². The van der Waals surface area contributed by atoms with Gasteiger partial charge in [0.25, 0.3) is 0 Å². The number of benzene rings is 6. The Balaban J connectivity index is 1.52. The zero-order valence-corrected chi connectivity index (χ0v) is 17.8. The standard InChI is InChI=1S/C30H20O3/c31-14-13-21-16-23-8-6-20(17-28(33)22-7-5-18-3-1-2-4-19(18)15-22)24-9-10-26-27(32)12-11-25(21)30(26)29(23)24/h1-12,14-16,32H,13,17H2. The number of rotatable bonds is 5. The summed E-state index contributed by atoms with van der Waals surface area (Å²) in [5, 5.41) is 18.4. The summed E-state index contributed by atoms with van der Waals surface area (Å²) >= 11 is 0. The Morgan fingerprint density at radius 1 is 0.697 bits per heavy atom. The minimum absolute atomic E-state index is 0.0697. The van der Waals surface area contributed by atoms with Crippen LogP contribution in [0.25, 0.3) is 43.1 Å². The average molecular weight is 428 g/mol. The molecule has 0 saturated heterocycles. The van der Waals surface area contributed by atoms with Gasteiger partial charge in [0.05, 0.1) is 0 Å². The van der Waals surface area contributed by atoms with Crippen LogP contribution in [-0.2, 0) is 17.6 Å². The van der Waals surface area contributed by atoms with E-state index < -0.39 is 0 Å². The predicted molar refractivity (Wildman–Crippen MR) is 134 cm³/mol. The maximum absolute atomic E-state index is 13.2. The van der Waals surface area contributed by atoms with Crippen LogP contribution in [0.1, 0.15) is 21.5 Å². The molecular formula is C30H20O3. The molecule has 158 valence electrons. The fourth-order valence-corrected chi connectivity index (χ4v) is 5.07. The van der Waals surface area contributed by atoms with Gasteiger partial charge in [-0.25, -0.2) is 0 Å². The highest BCUT2D eigenvalue weighted by Gasteiger charge is 2.17. The Morgan fingerprint density at radius 2 is 1.42 bits per heavy atom. The SMILES string of the molecule is O=CCc1cc2ccc(CC(=O)c3ccc4ccccc4c3)c3ccc4c(O)ccc1c4c23. The number of Topliss-reactive ketones (excluding diaryl/α,β-unsaturated/α-hetero) is 1. The van der Waals surface area contributed by atoms with Crippen LogP contribution in [0, 0.1) is 0 Å². The van der Waals surface area contributed by atoms with Crippen LogP contribution >= 0.6 is 0 Å². The first-order valence-electron chi connectivity index (χ1n) is 11.0. The quantitative estimate of drug-likeness (QED) is 0.191. The fraction of sp³-hybridized carbons (Fsp3) is 0.0667. The Bertz CT molecular complexity index is 1710. The third-order valence-corrected chi connectivity index (χ3v) is 6.66. The van der Waals surface area contributed by atoms with Crippen LogP contribution in [0.3, 0.4) is 0 Å². The Kier molecular flexibility index (Phi) is 4.37. The monoisotopic (exact) mass is 428 g/mol. The molecule has 1 N–H and O–H groups in total. The first-order valence-corrected chi connectivity index (χ1v) is 11.0. The molecule has 0 aliphatic heterocycles. The maximum atomic E-state index is 13.2. The molecule has 6 rings (SSSR count). The van der Waals surface area contributed by atoms with Crippen LogP contribution in [0.15, 0.2) is 84.9 Å². The van der Waals surface area contributed by atoms with E-state index in [0.29, 0.717) is 18.4 Å². The van der Waals surface area contributed by atoms with E-state index in [9.17, 15) is 14.7 Å². The van der Waals surface area contributed by atoms with Crippen LogP contribution in [-0.4, -0.2) is 17.2 Å². The van der Waals surface area contributed by atoms with Gasteiger partial charge in [-0.1, -0.05) is 66.7 Å². The highest BCUT2D eigenvalue weighted by Crippen LogP contribution is 2.41. The summed E-state index contributed by atoms with van der Waals surface area (Å²) in [6, 6.07) is 27.4. The van der Waals surface area contributed by atoms with Gasteiger partial charge in [-0.2, -0.15) is 0 Å². The highest BCUT2D eigenvalue weighted by atomic mass is 16.3. The van der Waals surface area contributed by atoms with Crippen LogP contribution in [0.2, 0.25) is 0 Å². The molecule has 33 heavy (non-hydrogen) atoms. The average Bonchev–Trinajstić information content (AvgIpc) is 2.84. The van der Waals surface area contributed by atoms with Crippen molar-refractivity contribution < 1.29 is 14.7 Å². The molecule has 3 heteroatoms. The molecule has 0 aliphatic carbocycles. The third-order valence-electron chi connectivity index (χ3n) is 6.66. The maximum Gasteiger partial charge on any atom is 0.167 e. The summed E-state index contributed by atoms with van der Waals surface area (Å²) < 4.78 is 0. The Hall–Kier alpha value is -4.24. The van der Waals surface area contributed by atoms with Crippen LogP contribution in [0.4, 0.5) is 0 Å². The molecule has 0 heterocycles. The van der Waals surface area contributed by atoms with E-state index in [2.05, 4.69) is 0 Å². The van der Waals surface area contributed by atoms with Gasteiger partial charge >= 0.3 is 0 Å². The molecule has 6 aromatic carbocycles. The summed E-state index contributed by atoms with van der Waals surface area (Å²) in [6.45, 7) is 0. The highest BCUT2D eigenvalue weighted by molar-refractivity contribution is 6.26. The molecule has 0 unspecified atom stereocenters. The first-order chi connectivity index (χ1) is 16.1. The summed E-state index contributed by atoms with van der Waals surface area (Å²) in [6.07, 6.45) is 1.52. The Morgan fingerprint density at radius 3 is 2.27 bits per heavy atom. The number of hydrogen-bond acceptors (Lipinski definition) is 3. The first kappa shape index (κ1) is 19.4. The summed E-state index contributed by atoms with van der Waals surface area (Å²) in [5.74, 6) is 0.284. The second-order valence-corrected chi connectivity index (χ2v) is 8.56. The van der Waals surface area contributed by atoms with Crippen molar-refractivity contribution in [3.05, 3.63) is 102 Å². The molecule has 0 fully saturated rings. The van der Waals surface area contributed by atoms with Crippen molar-refractivity contribution in [2.75, 3.05) is 0 Å². The van der Waals surface area contributed by atoms with Gasteiger partial charge < -0.3 is 9.90 Å². The van der Waals surface area contributed by atoms with Crippen molar-refractivity contribution in [2.24, 2.45) is 0 Å². The molecular weight excluding hydrogens is 408 g/mol. The van der Waals surface area contributed by atoms with Crippen molar-refractivity contribution in [2.45, 2.75) is 12.8 Å². The van der Waals surface area contributed by atoms with Crippen molar-refractivity contribution >= 4 is 55.2 Å². The molecule has 3 nitrogen and oxygen atoms in total. The van der Waals surface area contributed by atoms with Gasteiger partial charge in [0.2, 0.25) is 0 Å². The lowest BCUT2D eigenvalue weighted by atomic mass is 9.87. The number of aromatic hydroxyl groups is 1. The second-order valence-electron chi connectivity index (χ2n) is 8.56. The summed E-state index contributed by atoms with van der Waals surface area (Å²) in [4.78, 5) is 24.5. The zero-order chi connectivity index (χ0) is 22.5. The molecule has 6 aromatic rings. The molecule has 0 aromatic heterocycles. The second kappa shape index (κ2) is 7.42. The summed E-state index contributed by atoms with van der Waals surface area (Å²) in [7, 11) is 0. The van der Waals surface area contributed by atoms with E-state index in [1.807, 2.05) is 78.9 Å². The van der Waals surface area contributed by atoms with Crippen molar-refractivity contribution in [1.29, 1.82) is 0 Å². The number of aldehydes is 1. The molecule has 0 amide bonds. The van der Waals surface area contributed by atoms with E-state index in [1.165, 1.54) is 0 Å². The van der Waals surface area contributed by atoms with Gasteiger partial charge in [0.1, 0.15) is 12.0 Å². The molecule has 0 radical (unpaired) electrons. The number of fused-ring (bicyclic) bond motifs is 1. The molecule has 0 bridgehead atoms. The number of phenols is 1. The summed E-state index contributed by atoms with van der Waals surface area (Å²) in [5.41, 5.74) is 2.59. The number of phenolic OH excluding ortho intramolecular Hbond substituents is 1. The third kappa shape index (κ3) is 3.05. The van der Waals surface area contributed by atoms with E-state index >= 15 is 0 Å². The van der Waals surface area contributed by atoms with E-state index in [0.717, 1.165) is 60.5 Å². The van der Waals surface area contributed by atoms with Crippen LogP contribution < -0.4 is 0 Å². The van der Waals surface area contributed by atoms with Crippen LogP contribution in [0.5, 0.6) is 5.75 Å². The lowest BCUT2D eigenvalue weighted by molar-refractivity contribution is -0.107. The number of carbonyl (C=O) groups excluding carboxylic acids is 2. The lowest BCUT2D eigenvalue weighted by Crippen LogP contribution is -2.04. The molecule has 0 saturated carbocycles. The van der Waals surface area contributed by atoms with Gasteiger partial charge in [-0.15, -0.1) is 0 Å². The topological polar surface area (TPSA) is 54.4 Å². The number of hydrogen-bond donors (Lipinski definition) is 1. The van der Waals surface area contributed by atoms with E-state index in [-0.39, 0.29) is 11.5 Å². The van der Waals surface area contributed by atoms with E-state index in [4.69, 9.17) is 0 Å². The molecule has 0 spiro atoms.